The standard InChI is InChI=1S/C18H13NO4/c19-12-8-5-11(6-9-12)7-10-14(20)16-17(21)13-3-1-2-4-15(13)23-18(16)22/h1-10,21H,19H2/b10-7+. The van der Waals surface area contributed by atoms with Gasteiger partial charge < -0.3 is 15.3 Å². The first-order valence-corrected chi connectivity index (χ1v) is 6.89. The van der Waals surface area contributed by atoms with Gasteiger partial charge in [-0.15, -0.1) is 0 Å². The van der Waals surface area contributed by atoms with Gasteiger partial charge in [0.25, 0.3) is 0 Å². The summed E-state index contributed by atoms with van der Waals surface area (Å²) in [7, 11) is 0. The monoisotopic (exact) mass is 307 g/mol. The van der Waals surface area contributed by atoms with Crippen LogP contribution in [0.1, 0.15) is 15.9 Å². The Morgan fingerprint density at radius 2 is 1.78 bits per heavy atom. The Morgan fingerprint density at radius 1 is 1.09 bits per heavy atom. The van der Waals surface area contributed by atoms with Gasteiger partial charge >= 0.3 is 5.63 Å². The summed E-state index contributed by atoms with van der Waals surface area (Å²) in [5, 5.41) is 10.5. The first kappa shape index (κ1) is 14.6. The van der Waals surface area contributed by atoms with Crippen molar-refractivity contribution >= 4 is 28.5 Å². The number of hydrogen-bond donors (Lipinski definition) is 2. The number of allylic oxidation sites excluding steroid dienone is 1. The topological polar surface area (TPSA) is 93.5 Å². The fraction of sp³-hybridized carbons (Fsp3) is 0. The third-order valence-corrected chi connectivity index (χ3v) is 3.40. The maximum Gasteiger partial charge on any atom is 0.351 e. The van der Waals surface area contributed by atoms with Crippen LogP contribution in [0.2, 0.25) is 0 Å². The van der Waals surface area contributed by atoms with Crippen LogP contribution in [0.3, 0.4) is 0 Å². The molecule has 0 bridgehead atoms. The number of anilines is 1. The highest BCUT2D eigenvalue weighted by Gasteiger charge is 2.18. The van der Waals surface area contributed by atoms with Gasteiger partial charge in [-0.25, -0.2) is 4.79 Å². The van der Waals surface area contributed by atoms with Crippen molar-refractivity contribution in [3.63, 3.8) is 0 Å². The van der Waals surface area contributed by atoms with E-state index >= 15 is 0 Å². The lowest BCUT2D eigenvalue weighted by Crippen LogP contribution is -2.12. The Hall–Kier alpha value is -3.34. The molecule has 0 amide bonds. The lowest BCUT2D eigenvalue weighted by atomic mass is 10.1. The number of carbonyl (C=O) groups excluding carboxylic acids is 1. The zero-order valence-electron chi connectivity index (χ0n) is 12.0. The lowest BCUT2D eigenvalue weighted by Gasteiger charge is -2.03. The third-order valence-electron chi connectivity index (χ3n) is 3.40. The molecule has 23 heavy (non-hydrogen) atoms. The van der Waals surface area contributed by atoms with E-state index in [-0.39, 0.29) is 16.9 Å². The van der Waals surface area contributed by atoms with E-state index in [0.717, 1.165) is 5.56 Å². The molecule has 0 unspecified atom stereocenters. The first-order valence-electron chi connectivity index (χ1n) is 6.89. The Morgan fingerprint density at radius 3 is 2.52 bits per heavy atom. The minimum Gasteiger partial charge on any atom is -0.506 e. The quantitative estimate of drug-likeness (QED) is 0.336. The number of hydrogen-bond acceptors (Lipinski definition) is 5. The van der Waals surface area contributed by atoms with E-state index in [2.05, 4.69) is 0 Å². The van der Waals surface area contributed by atoms with Crippen molar-refractivity contribution in [2.75, 3.05) is 5.73 Å². The number of carbonyl (C=O) groups is 1. The zero-order chi connectivity index (χ0) is 16.4. The Labute approximate surface area is 131 Å². The van der Waals surface area contributed by atoms with Crippen LogP contribution < -0.4 is 11.4 Å². The molecule has 0 spiro atoms. The van der Waals surface area contributed by atoms with E-state index in [1.54, 1.807) is 48.5 Å². The van der Waals surface area contributed by atoms with Crippen molar-refractivity contribution in [2.45, 2.75) is 0 Å². The molecule has 1 heterocycles. The first-order chi connectivity index (χ1) is 11.1. The highest BCUT2D eigenvalue weighted by atomic mass is 16.4. The third kappa shape index (κ3) is 2.85. The number of nitrogens with two attached hydrogens (primary N) is 1. The van der Waals surface area contributed by atoms with Crippen molar-refractivity contribution in [3.8, 4) is 5.75 Å². The summed E-state index contributed by atoms with van der Waals surface area (Å²) in [4.78, 5) is 24.2. The van der Waals surface area contributed by atoms with Gasteiger partial charge in [-0.1, -0.05) is 30.3 Å². The van der Waals surface area contributed by atoms with Gasteiger partial charge in [-0.2, -0.15) is 0 Å². The van der Waals surface area contributed by atoms with E-state index in [4.69, 9.17) is 10.2 Å². The highest BCUT2D eigenvalue weighted by Crippen LogP contribution is 2.26. The number of nitrogen functional groups attached to an aromatic ring is 1. The van der Waals surface area contributed by atoms with Crippen LogP contribution in [0.4, 0.5) is 5.69 Å². The van der Waals surface area contributed by atoms with Crippen LogP contribution in [0, 0.1) is 0 Å². The maximum atomic E-state index is 12.2. The second kappa shape index (κ2) is 5.81. The number of rotatable bonds is 3. The fourth-order valence-corrected chi connectivity index (χ4v) is 2.21. The molecule has 2 aromatic carbocycles. The Balaban J connectivity index is 2.01. The van der Waals surface area contributed by atoms with Crippen LogP contribution in [-0.4, -0.2) is 10.9 Å². The fourth-order valence-electron chi connectivity index (χ4n) is 2.21. The molecule has 0 fully saturated rings. The molecular formula is C18H13NO4. The molecule has 5 heteroatoms. The number of para-hydroxylation sites is 1. The SMILES string of the molecule is Nc1ccc(/C=C/C(=O)c2c(O)c3ccccc3oc2=O)cc1. The molecule has 0 saturated heterocycles. The van der Waals surface area contributed by atoms with Gasteiger partial charge in [0, 0.05) is 5.69 Å². The van der Waals surface area contributed by atoms with E-state index in [1.165, 1.54) is 12.2 Å². The summed E-state index contributed by atoms with van der Waals surface area (Å²) < 4.78 is 5.08. The molecular weight excluding hydrogens is 294 g/mol. The Kier molecular flexibility index (Phi) is 3.68. The number of fused-ring (bicyclic) bond motifs is 1. The molecule has 5 nitrogen and oxygen atoms in total. The minimum atomic E-state index is -0.867. The molecule has 0 aliphatic rings. The van der Waals surface area contributed by atoms with Crippen molar-refractivity contribution < 1.29 is 14.3 Å². The number of aromatic hydroxyl groups is 1. The second-order valence-electron chi connectivity index (χ2n) is 4.97. The summed E-state index contributed by atoms with van der Waals surface area (Å²) in [6.07, 6.45) is 2.75. The van der Waals surface area contributed by atoms with Crippen molar-refractivity contribution in [2.24, 2.45) is 0 Å². The maximum absolute atomic E-state index is 12.2. The summed E-state index contributed by atoms with van der Waals surface area (Å²) in [6, 6.07) is 13.4. The predicted molar refractivity (Wildman–Crippen MR) is 88.4 cm³/mol. The summed E-state index contributed by atoms with van der Waals surface area (Å²) in [6.45, 7) is 0. The van der Waals surface area contributed by atoms with Gasteiger partial charge in [-0.3, -0.25) is 4.79 Å². The summed E-state index contributed by atoms with van der Waals surface area (Å²) >= 11 is 0. The molecule has 3 N–H and O–H groups in total. The van der Waals surface area contributed by atoms with Gasteiger partial charge in [0.05, 0.1) is 5.39 Å². The molecule has 0 radical (unpaired) electrons. The van der Waals surface area contributed by atoms with Crippen molar-refractivity contribution in [1.82, 2.24) is 0 Å². The molecule has 0 atom stereocenters. The van der Waals surface area contributed by atoms with Gasteiger partial charge in [0.2, 0.25) is 0 Å². The van der Waals surface area contributed by atoms with Crippen LogP contribution in [0.25, 0.3) is 17.0 Å². The average molecular weight is 307 g/mol. The Bertz CT molecular complexity index is 968. The van der Waals surface area contributed by atoms with E-state index in [0.29, 0.717) is 11.1 Å². The molecule has 1 aromatic heterocycles. The molecule has 0 aliphatic heterocycles. The van der Waals surface area contributed by atoms with Crippen molar-refractivity contribution in [1.29, 1.82) is 0 Å². The highest BCUT2D eigenvalue weighted by molar-refractivity contribution is 6.10. The van der Waals surface area contributed by atoms with Crippen LogP contribution >= 0.6 is 0 Å². The van der Waals surface area contributed by atoms with Crippen molar-refractivity contribution in [3.05, 3.63) is 76.2 Å². The van der Waals surface area contributed by atoms with Gasteiger partial charge in [-0.05, 0) is 35.9 Å². The zero-order valence-corrected chi connectivity index (χ0v) is 12.0. The second-order valence-corrected chi connectivity index (χ2v) is 4.97. The van der Waals surface area contributed by atoms with Crippen LogP contribution in [-0.2, 0) is 0 Å². The molecule has 114 valence electrons. The van der Waals surface area contributed by atoms with E-state index < -0.39 is 11.4 Å². The van der Waals surface area contributed by atoms with E-state index in [9.17, 15) is 14.7 Å². The average Bonchev–Trinajstić information content (AvgIpc) is 2.54. The van der Waals surface area contributed by atoms with Crippen LogP contribution in [0.5, 0.6) is 5.75 Å². The molecule has 3 rings (SSSR count). The number of ketones is 1. The van der Waals surface area contributed by atoms with Gasteiger partial charge in [0.15, 0.2) is 5.78 Å². The van der Waals surface area contributed by atoms with Gasteiger partial charge in [0.1, 0.15) is 16.9 Å². The minimum absolute atomic E-state index is 0.231. The largest absolute Gasteiger partial charge is 0.506 e. The summed E-state index contributed by atoms with van der Waals surface area (Å²) in [5.74, 6) is -0.998. The molecule has 3 aromatic rings. The molecule has 0 aliphatic carbocycles. The summed E-state index contributed by atoms with van der Waals surface area (Å²) in [5.41, 5.74) is 5.93. The lowest BCUT2D eigenvalue weighted by molar-refractivity contribution is 0.104. The number of benzene rings is 2. The van der Waals surface area contributed by atoms with E-state index in [1.807, 2.05) is 0 Å². The van der Waals surface area contributed by atoms with Crippen LogP contribution in [0.15, 0.2) is 63.8 Å². The smallest absolute Gasteiger partial charge is 0.351 e. The molecule has 0 saturated carbocycles. The predicted octanol–water partition coefficient (Wildman–Crippen LogP) is 2.98. The normalized spacial score (nSPS) is 11.1.